The Hall–Kier alpha value is -4.76. The van der Waals surface area contributed by atoms with Crippen molar-refractivity contribution in [1.82, 2.24) is 4.98 Å². The monoisotopic (exact) mass is 550 g/mol. The number of rotatable bonds is 8. The third kappa shape index (κ3) is 5.01. The van der Waals surface area contributed by atoms with Gasteiger partial charge in [-0.15, -0.1) is 0 Å². The van der Waals surface area contributed by atoms with Gasteiger partial charge in [0.2, 0.25) is 11.6 Å². The topological polar surface area (TPSA) is 155 Å². The van der Waals surface area contributed by atoms with E-state index in [1.165, 1.54) is 0 Å². The van der Waals surface area contributed by atoms with Crippen molar-refractivity contribution in [2.45, 2.75) is 6.92 Å². The van der Waals surface area contributed by atoms with Crippen LogP contribution in [0.4, 0.5) is 11.4 Å². The lowest BCUT2D eigenvalue weighted by molar-refractivity contribution is -0.394. The molecule has 1 aromatic heterocycles. The minimum Gasteiger partial charge on any atom is -0.490 e. The predicted octanol–water partition coefficient (Wildman–Crippen LogP) is 6.66. The van der Waals surface area contributed by atoms with Crippen molar-refractivity contribution in [3.63, 3.8) is 0 Å². The zero-order valence-corrected chi connectivity index (χ0v) is 20.1. The highest BCUT2D eigenvalue weighted by Gasteiger charge is 2.24. The van der Waals surface area contributed by atoms with Crippen LogP contribution < -0.4 is 9.47 Å². The molecule has 12 heteroatoms. The van der Waals surface area contributed by atoms with Crippen LogP contribution in [0.25, 0.3) is 22.7 Å². The Morgan fingerprint density at radius 3 is 2.58 bits per heavy atom. The van der Waals surface area contributed by atoms with Crippen LogP contribution in [-0.4, -0.2) is 21.4 Å². The summed E-state index contributed by atoms with van der Waals surface area (Å²) in [5.74, 6) is 0.279. The highest BCUT2D eigenvalue weighted by molar-refractivity contribution is 9.10. The second kappa shape index (κ2) is 10.2. The van der Waals surface area contributed by atoms with Crippen LogP contribution >= 0.6 is 15.9 Å². The SMILES string of the molecule is CCOc1cc(/C=C(\C#N)c2nc3ccccc3o2)cc(Br)c1Oc1ccc([N+](=O)[O-])cc1[N+](=O)[O-]. The smallest absolute Gasteiger partial charge is 0.318 e. The van der Waals surface area contributed by atoms with E-state index in [9.17, 15) is 25.5 Å². The quantitative estimate of drug-likeness (QED) is 0.133. The Morgan fingerprint density at radius 1 is 1.14 bits per heavy atom. The van der Waals surface area contributed by atoms with Gasteiger partial charge in [-0.25, -0.2) is 4.98 Å². The average Bonchev–Trinajstić information content (AvgIpc) is 3.28. The number of oxazole rings is 1. The Balaban J connectivity index is 1.75. The minimum absolute atomic E-state index is 0.117. The number of allylic oxidation sites excluding steroid dienone is 1. The zero-order chi connectivity index (χ0) is 25.8. The van der Waals surface area contributed by atoms with Gasteiger partial charge in [-0.05, 0) is 64.8 Å². The molecule has 0 aliphatic rings. The van der Waals surface area contributed by atoms with E-state index in [4.69, 9.17) is 13.9 Å². The molecule has 0 radical (unpaired) electrons. The molecule has 4 rings (SSSR count). The third-order valence-corrected chi connectivity index (χ3v) is 5.44. The van der Waals surface area contributed by atoms with E-state index in [-0.39, 0.29) is 35.3 Å². The Kier molecular flexibility index (Phi) is 6.93. The Bertz CT molecular complexity index is 1540. The van der Waals surface area contributed by atoms with E-state index in [1.807, 2.05) is 6.07 Å². The molecule has 0 aliphatic heterocycles. The maximum atomic E-state index is 11.5. The number of non-ortho nitro benzene ring substituents is 1. The number of halogens is 1. The van der Waals surface area contributed by atoms with Crippen LogP contribution in [0.15, 0.2) is 63.5 Å². The number of para-hydroxylation sites is 2. The number of nitro benzene ring substituents is 2. The first-order valence-electron chi connectivity index (χ1n) is 10.4. The molecule has 4 aromatic rings. The van der Waals surface area contributed by atoms with Gasteiger partial charge in [0.1, 0.15) is 17.2 Å². The molecule has 0 unspecified atom stereocenters. The standard InChI is InChI=1S/C24H15BrN4O7/c1-2-34-22-11-14(9-15(13-26)24-27-18-5-3-4-6-20(18)36-24)10-17(25)23(22)35-21-8-7-16(28(30)31)12-19(21)29(32)33/h3-12H,2H2,1H3/b15-9+. The molecule has 0 saturated carbocycles. The minimum atomic E-state index is -0.771. The van der Waals surface area contributed by atoms with Gasteiger partial charge in [0.25, 0.3) is 5.69 Å². The molecule has 0 N–H and O–H groups in total. The van der Waals surface area contributed by atoms with Crippen molar-refractivity contribution >= 4 is 50.1 Å². The number of hydrogen-bond acceptors (Lipinski definition) is 9. The van der Waals surface area contributed by atoms with Crippen molar-refractivity contribution in [1.29, 1.82) is 5.26 Å². The first-order valence-corrected chi connectivity index (χ1v) is 11.1. The molecule has 1 heterocycles. The molecule has 180 valence electrons. The maximum absolute atomic E-state index is 11.5. The van der Waals surface area contributed by atoms with Crippen LogP contribution in [0.1, 0.15) is 18.4 Å². The number of nitrogens with zero attached hydrogens (tertiary/aromatic N) is 4. The van der Waals surface area contributed by atoms with Gasteiger partial charge in [0.15, 0.2) is 17.1 Å². The van der Waals surface area contributed by atoms with Gasteiger partial charge in [0.05, 0.1) is 27.0 Å². The van der Waals surface area contributed by atoms with Crippen molar-refractivity contribution in [2.24, 2.45) is 0 Å². The fourth-order valence-corrected chi connectivity index (χ4v) is 3.83. The molecule has 11 nitrogen and oxygen atoms in total. The summed E-state index contributed by atoms with van der Waals surface area (Å²) in [5, 5.41) is 32.2. The number of hydrogen-bond donors (Lipinski definition) is 0. The van der Waals surface area contributed by atoms with Gasteiger partial charge < -0.3 is 13.9 Å². The predicted molar refractivity (Wildman–Crippen MR) is 133 cm³/mol. The lowest BCUT2D eigenvalue weighted by Crippen LogP contribution is -1.99. The summed E-state index contributed by atoms with van der Waals surface area (Å²) in [4.78, 5) is 25.4. The van der Waals surface area contributed by atoms with Gasteiger partial charge in [0, 0.05) is 6.07 Å². The summed E-state index contributed by atoms with van der Waals surface area (Å²) in [7, 11) is 0. The molecule has 0 atom stereocenters. The first-order chi connectivity index (χ1) is 17.3. The summed E-state index contributed by atoms with van der Waals surface area (Å²) < 4.78 is 17.5. The van der Waals surface area contributed by atoms with Crippen LogP contribution in [0, 0.1) is 31.6 Å². The Labute approximate surface area is 211 Å². The largest absolute Gasteiger partial charge is 0.490 e. The maximum Gasteiger partial charge on any atom is 0.318 e. The van der Waals surface area contributed by atoms with E-state index in [0.717, 1.165) is 18.2 Å². The van der Waals surface area contributed by atoms with Gasteiger partial charge in [-0.2, -0.15) is 5.26 Å². The average molecular weight is 551 g/mol. The van der Waals surface area contributed by atoms with Gasteiger partial charge in [-0.3, -0.25) is 20.2 Å². The lowest BCUT2D eigenvalue weighted by Gasteiger charge is -2.14. The second-order valence-corrected chi connectivity index (χ2v) is 8.04. The van der Waals surface area contributed by atoms with Crippen molar-refractivity contribution < 1.29 is 23.7 Å². The highest BCUT2D eigenvalue weighted by atomic mass is 79.9. The van der Waals surface area contributed by atoms with Crippen molar-refractivity contribution in [2.75, 3.05) is 6.61 Å². The van der Waals surface area contributed by atoms with Crippen LogP contribution in [0.3, 0.4) is 0 Å². The molecule has 0 amide bonds. The first kappa shape index (κ1) is 24.4. The molecule has 0 bridgehead atoms. The molecular formula is C24H15BrN4O7. The molecule has 0 fully saturated rings. The molecular weight excluding hydrogens is 536 g/mol. The molecule has 36 heavy (non-hydrogen) atoms. The zero-order valence-electron chi connectivity index (χ0n) is 18.5. The van der Waals surface area contributed by atoms with Crippen molar-refractivity contribution in [3.8, 4) is 23.3 Å². The molecule has 0 spiro atoms. The summed E-state index contributed by atoms with van der Waals surface area (Å²) in [6.07, 6.45) is 1.55. The van der Waals surface area contributed by atoms with Crippen LogP contribution in [0.2, 0.25) is 0 Å². The molecule has 0 aliphatic carbocycles. The second-order valence-electron chi connectivity index (χ2n) is 7.19. The highest BCUT2D eigenvalue weighted by Crippen LogP contribution is 2.43. The Morgan fingerprint density at radius 2 is 1.92 bits per heavy atom. The van der Waals surface area contributed by atoms with Gasteiger partial charge >= 0.3 is 5.69 Å². The number of nitro groups is 2. The summed E-state index contributed by atoms with van der Waals surface area (Å²) in [5.41, 5.74) is 0.832. The number of fused-ring (bicyclic) bond motifs is 1. The number of aromatic nitrogens is 1. The fraction of sp³-hybridized carbons (Fsp3) is 0.0833. The fourth-order valence-electron chi connectivity index (χ4n) is 3.29. The van der Waals surface area contributed by atoms with E-state index < -0.39 is 21.2 Å². The van der Waals surface area contributed by atoms with E-state index in [1.54, 1.807) is 43.3 Å². The summed E-state index contributed by atoms with van der Waals surface area (Å²) in [6, 6.07) is 15.5. The number of ether oxygens (including phenoxy) is 2. The van der Waals surface area contributed by atoms with Crippen molar-refractivity contribution in [3.05, 3.63) is 90.8 Å². The molecule has 3 aromatic carbocycles. The van der Waals surface area contributed by atoms with Crippen LogP contribution in [-0.2, 0) is 0 Å². The number of nitriles is 1. The van der Waals surface area contributed by atoms with E-state index in [0.29, 0.717) is 21.1 Å². The van der Waals surface area contributed by atoms with E-state index >= 15 is 0 Å². The van der Waals surface area contributed by atoms with Crippen LogP contribution in [0.5, 0.6) is 17.2 Å². The van der Waals surface area contributed by atoms with E-state index in [2.05, 4.69) is 27.0 Å². The third-order valence-electron chi connectivity index (χ3n) is 4.85. The summed E-state index contributed by atoms with van der Waals surface area (Å²) >= 11 is 3.39. The van der Waals surface area contributed by atoms with Gasteiger partial charge in [-0.1, -0.05) is 12.1 Å². The number of benzene rings is 3. The normalized spacial score (nSPS) is 11.2. The lowest BCUT2D eigenvalue weighted by atomic mass is 10.1. The molecule has 0 saturated heterocycles. The summed E-state index contributed by atoms with van der Waals surface area (Å²) in [6.45, 7) is 1.99.